The van der Waals surface area contributed by atoms with Crippen molar-refractivity contribution in [2.24, 2.45) is 0 Å². The van der Waals surface area contributed by atoms with E-state index in [9.17, 15) is 0 Å². The molecule has 0 spiro atoms. The molecular weight excluding hydrogens is 250 g/mol. The maximum atomic E-state index is 5.69. The SMILES string of the molecule is CNCCCc1nnc(-c2ccc(C(C)(C)C)cc2)o1. The smallest absolute Gasteiger partial charge is 0.247 e. The van der Waals surface area contributed by atoms with Crippen LogP contribution in [0.4, 0.5) is 0 Å². The lowest BCUT2D eigenvalue weighted by Crippen LogP contribution is -2.10. The molecule has 1 aromatic carbocycles. The van der Waals surface area contributed by atoms with Crippen molar-refractivity contribution >= 4 is 0 Å². The van der Waals surface area contributed by atoms with Crippen LogP contribution in [0.25, 0.3) is 11.5 Å². The van der Waals surface area contributed by atoms with E-state index >= 15 is 0 Å². The van der Waals surface area contributed by atoms with Crippen LogP contribution in [0, 0.1) is 0 Å². The highest BCUT2D eigenvalue weighted by atomic mass is 16.4. The van der Waals surface area contributed by atoms with Crippen molar-refractivity contribution < 1.29 is 4.42 Å². The van der Waals surface area contributed by atoms with Gasteiger partial charge in [0.2, 0.25) is 11.8 Å². The van der Waals surface area contributed by atoms with Gasteiger partial charge in [-0.1, -0.05) is 32.9 Å². The van der Waals surface area contributed by atoms with Gasteiger partial charge in [0.15, 0.2) is 0 Å². The summed E-state index contributed by atoms with van der Waals surface area (Å²) in [6, 6.07) is 8.34. The first-order valence-corrected chi connectivity index (χ1v) is 7.08. The zero-order chi connectivity index (χ0) is 14.6. The molecule has 108 valence electrons. The van der Waals surface area contributed by atoms with Crippen LogP contribution in [-0.4, -0.2) is 23.8 Å². The van der Waals surface area contributed by atoms with Gasteiger partial charge in [0.1, 0.15) is 0 Å². The predicted molar refractivity (Wildman–Crippen MR) is 80.7 cm³/mol. The topological polar surface area (TPSA) is 51.0 Å². The van der Waals surface area contributed by atoms with E-state index in [1.54, 1.807) is 0 Å². The maximum Gasteiger partial charge on any atom is 0.247 e. The summed E-state index contributed by atoms with van der Waals surface area (Å²) < 4.78 is 5.69. The van der Waals surface area contributed by atoms with Crippen molar-refractivity contribution in [3.8, 4) is 11.5 Å². The molecule has 1 aromatic heterocycles. The third-order valence-corrected chi connectivity index (χ3v) is 3.28. The Hall–Kier alpha value is -1.68. The van der Waals surface area contributed by atoms with Crippen LogP contribution < -0.4 is 5.32 Å². The molecule has 0 aliphatic carbocycles. The van der Waals surface area contributed by atoms with Gasteiger partial charge in [-0.3, -0.25) is 0 Å². The number of hydrogen-bond acceptors (Lipinski definition) is 4. The molecule has 4 heteroatoms. The van der Waals surface area contributed by atoms with Crippen molar-refractivity contribution in [2.75, 3.05) is 13.6 Å². The second-order valence-electron chi connectivity index (χ2n) is 6.04. The maximum absolute atomic E-state index is 5.69. The molecule has 0 bridgehead atoms. The van der Waals surface area contributed by atoms with Crippen molar-refractivity contribution in [3.05, 3.63) is 35.7 Å². The van der Waals surface area contributed by atoms with E-state index in [4.69, 9.17) is 4.42 Å². The second kappa shape index (κ2) is 6.18. The lowest BCUT2D eigenvalue weighted by molar-refractivity contribution is 0.494. The molecule has 0 radical (unpaired) electrons. The largest absolute Gasteiger partial charge is 0.421 e. The number of aromatic nitrogens is 2. The second-order valence-corrected chi connectivity index (χ2v) is 6.04. The number of nitrogens with zero attached hydrogens (tertiary/aromatic N) is 2. The monoisotopic (exact) mass is 273 g/mol. The minimum atomic E-state index is 0.158. The average Bonchev–Trinajstić information content (AvgIpc) is 2.87. The minimum absolute atomic E-state index is 0.158. The van der Waals surface area contributed by atoms with Gasteiger partial charge >= 0.3 is 0 Å². The molecule has 1 heterocycles. The Morgan fingerprint density at radius 1 is 1.10 bits per heavy atom. The van der Waals surface area contributed by atoms with E-state index in [0.29, 0.717) is 11.8 Å². The van der Waals surface area contributed by atoms with Gasteiger partial charge in [-0.2, -0.15) is 0 Å². The van der Waals surface area contributed by atoms with Crippen LogP contribution in [0.15, 0.2) is 28.7 Å². The van der Waals surface area contributed by atoms with E-state index in [1.807, 2.05) is 19.2 Å². The summed E-state index contributed by atoms with van der Waals surface area (Å²) in [6.45, 7) is 7.57. The minimum Gasteiger partial charge on any atom is -0.421 e. The number of hydrogen-bond donors (Lipinski definition) is 1. The molecule has 4 nitrogen and oxygen atoms in total. The third kappa shape index (κ3) is 3.67. The number of aryl methyl sites for hydroxylation is 1. The highest BCUT2D eigenvalue weighted by Crippen LogP contribution is 2.25. The van der Waals surface area contributed by atoms with Crippen molar-refractivity contribution in [1.29, 1.82) is 0 Å². The highest BCUT2D eigenvalue weighted by molar-refractivity contribution is 5.53. The van der Waals surface area contributed by atoms with Crippen LogP contribution in [0.3, 0.4) is 0 Å². The Morgan fingerprint density at radius 3 is 2.40 bits per heavy atom. The van der Waals surface area contributed by atoms with Crippen LogP contribution in [0.5, 0.6) is 0 Å². The number of rotatable bonds is 5. The van der Waals surface area contributed by atoms with Gasteiger partial charge in [0.25, 0.3) is 0 Å². The summed E-state index contributed by atoms with van der Waals surface area (Å²) >= 11 is 0. The average molecular weight is 273 g/mol. The summed E-state index contributed by atoms with van der Waals surface area (Å²) in [5.41, 5.74) is 2.44. The first-order chi connectivity index (χ1) is 9.50. The molecule has 0 aliphatic rings. The van der Waals surface area contributed by atoms with Gasteiger partial charge < -0.3 is 9.73 Å². The molecule has 0 aliphatic heterocycles. The predicted octanol–water partition coefficient (Wildman–Crippen LogP) is 3.19. The summed E-state index contributed by atoms with van der Waals surface area (Å²) in [5.74, 6) is 1.31. The van der Waals surface area contributed by atoms with Gasteiger partial charge in [-0.05, 0) is 43.1 Å². The molecule has 1 N–H and O–H groups in total. The molecule has 0 unspecified atom stereocenters. The van der Waals surface area contributed by atoms with Crippen LogP contribution in [0.1, 0.15) is 38.6 Å². The lowest BCUT2D eigenvalue weighted by atomic mass is 9.87. The zero-order valence-electron chi connectivity index (χ0n) is 12.7. The van der Waals surface area contributed by atoms with E-state index in [2.05, 4.69) is 48.4 Å². The molecule has 0 amide bonds. The molecule has 20 heavy (non-hydrogen) atoms. The van der Waals surface area contributed by atoms with Crippen LogP contribution in [-0.2, 0) is 11.8 Å². The number of benzene rings is 1. The van der Waals surface area contributed by atoms with Crippen molar-refractivity contribution in [1.82, 2.24) is 15.5 Å². The Morgan fingerprint density at radius 2 is 1.80 bits per heavy atom. The molecule has 2 aromatic rings. The van der Waals surface area contributed by atoms with Gasteiger partial charge in [0, 0.05) is 12.0 Å². The fraction of sp³-hybridized carbons (Fsp3) is 0.500. The van der Waals surface area contributed by atoms with Gasteiger partial charge in [0.05, 0.1) is 0 Å². The van der Waals surface area contributed by atoms with E-state index in [0.717, 1.165) is 24.9 Å². The summed E-state index contributed by atoms with van der Waals surface area (Å²) in [5, 5.41) is 11.3. The quantitative estimate of drug-likeness (QED) is 0.850. The first-order valence-electron chi connectivity index (χ1n) is 7.08. The Balaban J connectivity index is 2.08. The molecule has 2 rings (SSSR count). The van der Waals surface area contributed by atoms with Gasteiger partial charge in [-0.25, -0.2) is 0 Å². The molecule has 0 fully saturated rings. The fourth-order valence-electron chi connectivity index (χ4n) is 2.00. The first kappa shape index (κ1) is 14.7. The Kier molecular flexibility index (Phi) is 4.55. The van der Waals surface area contributed by atoms with Gasteiger partial charge in [-0.15, -0.1) is 10.2 Å². The van der Waals surface area contributed by atoms with E-state index < -0.39 is 0 Å². The lowest BCUT2D eigenvalue weighted by Gasteiger charge is -2.18. The van der Waals surface area contributed by atoms with Crippen LogP contribution >= 0.6 is 0 Å². The normalized spacial score (nSPS) is 11.8. The zero-order valence-corrected chi connectivity index (χ0v) is 12.7. The highest BCUT2D eigenvalue weighted by Gasteiger charge is 2.14. The fourth-order valence-corrected chi connectivity index (χ4v) is 2.00. The van der Waals surface area contributed by atoms with E-state index in [1.165, 1.54) is 5.56 Å². The van der Waals surface area contributed by atoms with Crippen molar-refractivity contribution in [2.45, 2.75) is 39.0 Å². The molecular formula is C16H23N3O. The summed E-state index contributed by atoms with van der Waals surface area (Å²) in [7, 11) is 1.94. The van der Waals surface area contributed by atoms with E-state index in [-0.39, 0.29) is 5.41 Å². The summed E-state index contributed by atoms with van der Waals surface area (Å²) in [6.07, 6.45) is 1.81. The third-order valence-electron chi connectivity index (χ3n) is 3.28. The Labute approximate surface area is 120 Å². The standard InChI is InChI=1S/C16H23N3O/c1-16(2,3)13-9-7-12(8-10-13)15-19-18-14(20-15)6-5-11-17-4/h7-10,17H,5-6,11H2,1-4H3. The summed E-state index contributed by atoms with van der Waals surface area (Å²) in [4.78, 5) is 0. The molecule has 0 atom stereocenters. The van der Waals surface area contributed by atoms with Crippen LogP contribution in [0.2, 0.25) is 0 Å². The molecule has 0 saturated heterocycles. The Bertz CT molecular complexity index is 538. The molecule has 0 saturated carbocycles. The number of nitrogens with one attached hydrogen (secondary N) is 1. The van der Waals surface area contributed by atoms with Crippen molar-refractivity contribution in [3.63, 3.8) is 0 Å².